The lowest BCUT2D eigenvalue weighted by molar-refractivity contribution is 0.308. The Bertz CT molecular complexity index is 1430. The maximum absolute atomic E-state index is 6.29. The molecule has 0 atom stereocenters. The molecule has 5 heteroatoms. The van der Waals surface area contributed by atoms with Crippen molar-refractivity contribution in [3.63, 3.8) is 0 Å². The monoisotopic (exact) mass is 420 g/mol. The van der Waals surface area contributed by atoms with Crippen LogP contribution in [0.15, 0.2) is 79.1 Å². The molecule has 0 spiro atoms. The third-order valence-electron chi connectivity index (χ3n) is 6.46. The Hall–Kier alpha value is -3.86. The number of nitrogen functional groups attached to an aromatic ring is 1. The second kappa shape index (κ2) is 7.68. The van der Waals surface area contributed by atoms with Crippen molar-refractivity contribution in [2.75, 3.05) is 5.73 Å². The number of nitrogens with zero attached hydrogens (tertiary/aromatic N) is 3. The van der Waals surface area contributed by atoms with Crippen LogP contribution in [0.25, 0.3) is 27.5 Å². The number of nitrogens with two attached hydrogens (primary N) is 1. The van der Waals surface area contributed by atoms with E-state index in [1.54, 1.807) is 6.20 Å². The Morgan fingerprint density at radius 3 is 2.72 bits per heavy atom. The topological polar surface area (TPSA) is 65.4 Å². The van der Waals surface area contributed by atoms with Crippen molar-refractivity contribution in [2.45, 2.75) is 31.8 Å². The van der Waals surface area contributed by atoms with E-state index in [0.29, 0.717) is 18.3 Å². The number of imidazole rings is 1. The van der Waals surface area contributed by atoms with Gasteiger partial charge in [0.25, 0.3) is 0 Å². The molecule has 32 heavy (non-hydrogen) atoms. The minimum absolute atomic E-state index is 0.490. The minimum Gasteiger partial charge on any atom is -0.489 e. The number of fused-ring (bicyclic) bond motifs is 2. The summed E-state index contributed by atoms with van der Waals surface area (Å²) >= 11 is 0. The maximum atomic E-state index is 6.29. The van der Waals surface area contributed by atoms with Crippen LogP contribution >= 0.6 is 0 Å². The molecule has 1 aliphatic rings. The van der Waals surface area contributed by atoms with E-state index in [0.717, 1.165) is 28.3 Å². The highest BCUT2D eigenvalue weighted by Gasteiger charge is 2.26. The highest BCUT2D eigenvalue weighted by atomic mass is 16.5. The molecule has 0 radical (unpaired) electrons. The predicted molar refractivity (Wildman–Crippen MR) is 128 cm³/mol. The average molecular weight is 421 g/mol. The van der Waals surface area contributed by atoms with Crippen LogP contribution in [0.5, 0.6) is 5.75 Å². The lowest BCUT2D eigenvalue weighted by atomic mass is 9.85. The summed E-state index contributed by atoms with van der Waals surface area (Å²) in [5.74, 6) is 2.88. The maximum Gasteiger partial charge on any atom is 0.150 e. The largest absolute Gasteiger partial charge is 0.489 e. The number of anilines is 1. The first-order valence-electron chi connectivity index (χ1n) is 11.1. The van der Waals surface area contributed by atoms with E-state index in [4.69, 9.17) is 15.5 Å². The number of rotatable bonds is 5. The van der Waals surface area contributed by atoms with Crippen molar-refractivity contribution in [3.05, 3.63) is 90.5 Å². The molecule has 6 rings (SSSR count). The fourth-order valence-corrected chi connectivity index (χ4v) is 4.56. The van der Waals surface area contributed by atoms with Gasteiger partial charge in [-0.1, -0.05) is 61.0 Å². The zero-order chi connectivity index (χ0) is 21.5. The van der Waals surface area contributed by atoms with Crippen molar-refractivity contribution in [3.8, 4) is 17.0 Å². The second-order valence-electron chi connectivity index (χ2n) is 8.43. The number of ether oxygens (including phenoxy) is 1. The van der Waals surface area contributed by atoms with Gasteiger partial charge in [-0.2, -0.15) is 0 Å². The molecule has 0 bridgehead atoms. The summed E-state index contributed by atoms with van der Waals surface area (Å²) in [6.07, 6.45) is 7.33. The summed E-state index contributed by atoms with van der Waals surface area (Å²) in [6.45, 7) is 0.506. The van der Waals surface area contributed by atoms with Gasteiger partial charge < -0.3 is 10.5 Å². The Labute approximate surface area is 186 Å². The first-order chi connectivity index (χ1) is 15.8. The minimum atomic E-state index is 0.490. The molecule has 158 valence electrons. The molecule has 2 N–H and O–H groups in total. The van der Waals surface area contributed by atoms with Crippen molar-refractivity contribution in [1.29, 1.82) is 0 Å². The van der Waals surface area contributed by atoms with Gasteiger partial charge in [0.2, 0.25) is 0 Å². The van der Waals surface area contributed by atoms with Gasteiger partial charge in [-0.25, -0.2) is 9.97 Å². The van der Waals surface area contributed by atoms with Crippen molar-refractivity contribution in [2.24, 2.45) is 0 Å². The first-order valence-corrected chi connectivity index (χ1v) is 11.1. The van der Waals surface area contributed by atoms with Crippen molar-refractivity contribution >= 4 is 22.1 Å². The summed E-state index contributed by atoms with van der Waals surface area (Å²) in [5, 5.41) is 2.44. The molecule has 0 amide bonds. The highest BCUT2D eigenvalue weighted by molar-refractivity contribution is 5.86. The van der Waals surface area contributed by atoms with E-state index < -0.39 is 0 Å². The fraction of sp³-hybridized carbons (Fsp3) is 0.185. The SMILES string of the molecule is Nc1nccn2c(C3CCC3)nc(-c3cccc(OCc4cccc5ccccc45)c3)c12. The molecule has 5 nitrogen and oxygen atoms in total. The molecular weight excluding hydrogens is 396 g/mol. The lowest BCUT2D eigenvalue weighted by Crippen LogP contribution is -2.12. The second-order valence-corrected chi connectivity index (χ2v) is 8.43. The summed E-state index contributed by atoms with van der Waals surface area (Å²) in [5.41, 5.74) is 10.2. The Morgan fingerprint density at radius 2 is 1.84 bits per heavy atom. The Kier molecular flexibility index (Phi) is 4.53. The van der Waals surface area contributed by atoms with Crippen LogP contribution in [0.4, 0.5) is 5.82 Å². The summed E-state index contributed by atoms with van der Waals surface area (Å²) in [4.78, 5) is 9.35. The molecule has 0 aliphatic heterocycles. The van der Waals surface area contributed by atoms with Gasteiger partial charge in [0, 0.05) is 23.9 Å². The zero-order valence-electron chi connectivity index (χ0n) is 17.7. The van der Waals surface area contributed by atoms with Crippen LogP contribution in [0.1, 0.15) is 36.6 Å². The molecule has 3 aromatic carbocycles. The third-order valence-corrected chi connectivity index (χ3v) is 6.46. The van der Waals surface area contributed by atoms with Gasteiger partial charge in [0.1, 0.15) is 35.2 Å². The van der Waals surface area contributed by atoms with Crippen LogP contribution < -0.4 is 10.5 Å². The fourth-order valence-electron chi connectivity index (χ4n) is 4.56. The van der Waals surface area contributed by atoms with Gasteiger partial charge in [-0.05, 0) is 41.3 Å². The van der Waals surface area contributed by atoms with E-state index in [9.17, 15) is 0 Å². The summed E-state index contributed by atoms with van der Waals surface area (Å²) in [6, 6.07) is 22.8. The van der Waals surface area contributed by atoms with E-state index >= 15 is 0 Å². The van der Waals surface area contributed by atoms with Gasteiger partial charge in [-0.15, -0.1) is 0 Å². The van der Waals surface area contributed by atoms with Crippen LogP contribution in [0, 0.1) is 0 Å². The molecule has 0 saturated heterocycles. The lowest BCUT2D eigenvalue weighted by Gasteiger charge is -2.23. The highest BCUT2D eigenvalue weighted by Crippen LogP contribution is 2.39. The van der Waals surface area contributed by atoms with Gasteiger partial charge in [0.05, 0.1) is 0 Å². The van der Waals surface area contributed by atoms with Gasteiger partial charge >= 0.3 is 0 Å². The molecule has 1 aliphatic carbocycles. The average Bonchev–Trinajstić information content (AvgIpc) is 3.17. The van der Waals surface area contributed by atoms with Crippen LogP contribution in [0.3, 0.4) is 0 Å². The predicted octanol–water partition coefficient (Wildman–Crippen LogP) is 5.98. The van der Waals surface area contributed by atoms with Crippen LogP contribution in [-0.4, -0.2) is 14.4 Å². The molecular formula is C27H24N4O. The number of aromatic nitrogens is 3. The quantitative estimate of drug-likeness (QED) is 0.380. The summed E-state index contributed by atoms with van der Waals surface area (Å²) < 4.78 is 8.33. The standard InChI is InChI=1S/C27H24N4O/c28-26-25-24(30-27(19-8-4-9-19)31(25)15-14-29-26)20-10-5-12-22(16-20)32-17-21-11-3-7-18-6-1-2-13-23(18)21/h1-3,5-7,10-16,19H,4,8-9,17H2,(H2,28,29). The Balaban J connectivity index is 1.35. The van der Waals surface area contributed by atoms with Crippen LogP contribution in [0.2, 0.25) is 0 Å². The normalized spacial score (nSPS) is 14.0. The smallest absolute Gasteiger partial charge is 0.150 e. The third kappa shape index (κ3) is 3.17. The molecule has 2 heterocycles. The van der Waals surface area contributed by atoms with Crippen molar-refractivity contribution < 1.29 is 4.74 Å². The number of benzene rings is 3. The number of hydrogen-bond acceptors (Lipinski definition) is 4. The molecule has 5 aromatic rings. The molecule has 0 unspecified atom stereocenters. The first kappa shape index (κ1) is 18.9. The molecule has 2 aromatic heterocycles. The van der Waals surface area contributed by atoms with E-state index in [1.807, 2.05) is 24.4 Å². The summed E-state index contributed by atoms with van der Waals surface area (Å²) in [7, 11) is 0. The molecule has 1 fully saturated rings. The van der Waals surface area contributed by atoms with E-state index in [-0.39, 0.29) is 0 Å². The number of hydrogen-bond donors (Lipinski definition) is 1. The van der Waals surface area contributed by atoms with Gasteiger partial charge in [0.15, 0.2) is 0 Å². The zero-order valence-corrected chi connectivity index (χ0v) is 17.7. The van der Waals surface area contributed by atoms with E-state index in [2.05, 4.69) is 57.9 Å². The Morgan fingerprint density at radius 1 is 1.00 bits per heavy atom. The van der Waals surface area contributed by atoms with Crippen molar-refractivity contribution in [1.82, 2.24) is 14.4 Å². The van der Waals surface area contributed by atoms with E-state index in [1.165, 1.54) is 35.6 Å². The van der Waals surface area contributed by atoms with Gasteiger partial charge in [-0.3, -0.25) is 4.40 Å². The van der Waals surface area contributed by atoms with Crippen LogP contribution in [-0.2, 0) is 6.61 Å². The molecule has 1 saturated carbocycles.